The van der Waals surface area contributed by atoms with Crippen molar-refractivity contribution in [3.63, 3.8) is 0 Å². The van der Waals surface area contributed by atoms with Crippen molar-refractivity contribution in [2.45, 2.75) is 82.3 Å². The fraction of sp³-hybridized carbons (Fsp3) is 0.864. The molecule has 5 nitrogen and oxygen atoms in total. The molecule has 1 saturated carbocycles. The van der Waals surface area contributed by atoms with Gasteiger partial charge in [0.15, 0.2) is 5.76 Å². The first-order valence-corrected chi connectivity index (χ1v) is 11.4. The van der Waals surface area contributed by atoms with Crippen molar-refractivity contribution in [1.29, 1.82) is 0 Å². The lowest BCUT2D eigenvalue weighted by Crippen LogP contribution is -2.64. The molecule has 1 aromatic heterocycles. The lowest BCUT2D eigenvalue weighted by molar-refractivity contribution is -0.0884. The van der Waals surface area contributed by atoms with Gasteiger partial charge in [0.25, 0.3) is 0 Å². The number of aromatic nitrogens is 1. The highest BCUT2D eigenvalue weighted by Gasteiger charge is 2.46. The van der Waals surface area contributed by atoms with Crippen LogP contribution in [0.3, 0.4) is 0 Å². The van der Waals surface area contributed by atoms with Gasteiger partial charge in [0.05, 0.1) is 18.8 Å². The van der Waals surface area contributed by atoms with Crippen molar-refractivity contribution >= 4 is 0 Å². The summed E-state index contributed by atoms with van der Waals surface area (Å²) in [7, 11) is 0. The fourth-order valence-corrected chi connectivity index (χ4v) is 6.60. The molecule has 4 heterocycles. The zero-order valence-electron chi connectivity index (χ0n) is 16.6. The number of likely N-dealkylation sites (tertiary alicyclic amines) is 1. The molecule has 0 unspecified atom stereocenters. The largest absolute Gasteiger partial charge is 0.395 e. The maximum atomic E-state index is 10.1. The van der Waals surface area contributed by atoms with Crippen LogP contribution in [-0.2, 0) is 6.54 Å². The zero-order valence-corrected chi connectivity index (χ0v) is 16.6. The number of aliphatic hydroxyl groups is 1. The highest BCUT2D eigenvalue weighted by Crippen LogP contribution is 2.41. The van der Waals surface area contributed by atoms with E-state index in [1.54, 1.807) is 0 Å². The summed E-state index contributed by atoms with van der Waals surface area (Å²) in [5, 5.41) is 14.5. The molecule has 0 radical (unpaired) electrons. The van der Waals surface area contributed by atoms with Crippen molar-refractivity contribution in [3.05, 3.63) is 17.5 Å². The van der Waals surface area contributed by atoms with Crippen LogP contribution in [0.4, 0.5) is 0 Å². The average Bonchev–Trinajstić information content (AvgIpc) is 3.17. The number of rotatable bonds is 4. The lowest BCUT2D eigenvalue weighted by atomic mass is 9.72. The second-order valence-electron chi connectivity index (χ2n) is 9.55. The van der Waals surface area contributed by atoms with Crippen LogP contribution in [0.5, 0.6) is 0 Å². The third-order valence-corrected chi connectivity index (χ3v) is 7.86. The van der Waals surface area contributed by atoms with Crippen LogP contribution in [0.2, 0.25) is 0 Å². The quantitative estimate of drug-likeness (QED) is 0.877. The van der Waals surface area contributed by atoms with Gasteiger partial charge in [0.1, 0.15) is 0 Å². The van der Waals surface area contributed by atoms with Gasteiger partial charge in [-0.15, -0.1) is 0 Å². The number of hydrogen-bond donors (Lipinski definition) is 1. The molecular formula is C22H35N3O2. The topological polar surface area (TPSA) is 52.7 Å². The predicted molar refractivity (Wildman–Crippen MR) is 104 cm³/mol. The Hall–Kier alpha value is -0.910. The fourth-order valence-electron chi connectivity index (χ4n) is 6.60. The number of hydrogen-bond acceptors (Lipinski definition) is 5. The molecule has 0 amide bonds. The van der Waals surface area contributed by atoms with E-state index in [1.807, 2.05) is 0 Å². The van der Waals surface area contributed by atoms with Gasteiger partial charge in [0.2, 0.25) is 0 Å². The molecule has 3 saturated heterocycles. The van der Waals surface area contributed by atoms with Crippen molar-refractivity contribution in [2.24, 2.45) is 11.8 Å². The minimum Gasteiger partial charge on any atom is -0.395 e. The van der Waals surface area contributed by atoms with E-state index >= 15 is 0 Å². The molecule has 5 heteroatoms. The van der Waals surface area contributed by atoms with Gasteiger partial charge in [-0.1, -0.05) is 30.8 Å². The molecule has 5 rings (SSSR count). The zero-order chi connectivity index (χ0) is 18.2. The van der Waals surface area contributed by atoms with E-state index in [1.165, 1.54) is 76.6 Å². The Kier molecular flexibility index (Phi) is 5.27. The summed E-state index contributed by atoms with van der Waals surface area (Å²) in [5.41, 5.74) is 1.19. The predicted octanol–water partition coefficient (Wildman–Crippen LogP) is 3.39. The molecule has 0 aromatic carbocycles. The number of nitrogens with zero attached hydrogens (tertiary/aromatic N) is 3. The van der Waals surface area contributed by atoms with Gasteiger partial charge < -0.3 is 9.63 Å². The molecule has 3 aliphatic heterocycles. The van der Waals surface area contributed by atoms with Gasteiger partial charge in [-0.3, -0.25) is 9.80 Å². The van der Waals surface area contributed by atoms with Crippen molar-refractivity contribution in [3.8, 4) is 0 Å². The molecule has 4 aliphatic rings. The SMILES string of the molecule is OC[C@H]1[C@H]2C[C@H](CN(Cc3cc(C4CCCCC4)no3)C2)[C@@H]2CCCCN12. The number of piperidine rings is 3. The van der Waals surface area contributed by atoms with Crippen LogP contribution in [0, 0.1) is 11.8 Å². The van der Waals surface area contributed by atoms with Gasteiger partial charge in [-0.05, 0) is 50.5 Å². The smallest absolute Gasteiger partial charge is 0.150 e. The number of fused-ring (bicyclic) bond motifs is 4. The van der Waals surface area contributed by atoms with Gasteiger partial charge in [-0.2, -0.15) is 0 Å². The molecule has 4 atom stereocenters. The third-order valence-electron chi connectivity index (χ3n) is 7.86. The first-order chi connectivity index (χ1) is 13.3. The summed E-state index contributed by atoms with van der Waals surface area (Å²) in [6.07, 6.45) is 11.9. The van der Waals surface area contributed by atoms with Crippen LogP contribution in [0.1, 0.15) is 75.2 Å². The summed E-state index contributed by atoms with van der Waals surface area (Å²) >= 11 is 0. The Balaban J connectivity index is 1.26. The molecule has 1 aromatic rings. The van der Waals surface area contributed by atoms with Gasteiger partial charge in [0, 0.05) is 37.2 Å². The van der Waals surface area contributed by atoms with E-state index in [9.17, 15) is 5.11 Å². The highest BCUT2D eigenvalue weighted by molar-refractivity contribution is 5.12. The lowest BCUT2D eigenvalue weighted by Gasteiger charge is -2.56. The molecule has 1 aliphatic carbocycles. The van der Waals surface area contributed by atoms with Gasteiger partial charge in [-0.25, -0.2) is 0 Å². The van der Waals surface area contributed by atoms with Crippen molar-refractivity contribution in [2.75, 3.05) is 26.2 Å². The van der Waals surface area contributed by atoms with E-state index in [0.29, 0.717) is 30.5 Å². The van der Waals surface area contributed by atoms with E-state index in [0.717, 1.165) is 24.8 Å². The maximum absolute atomic E-state index is 10.1. The van der Waals surface area contributed by atoms with Crippen LogP contribution in [0.15, 0.2) is 10.6 Å². The molecule has 4 fully saturated rings. The molecule has 150 valence electrons. The van der Waals surface area contributed by atoms with Gasteiger partial charge >= 0.3 is 0 Å². The summed E-state index contributed by atoms with van der Waals surface area (Å²) in [6.45, 7) is 4.66. The molecular weight excluding hydrogens is 338 g/mol. The highest BCUT2D eigenvalue weighted by atomic mass is 16.5. The Bertz CT molecular complexity index is 613. The number of aliphatic hydroxyl groups excluding tert-OH is 1. The maximum Gasteiger partial charge on any atom is 0.150 e. The monoisotopic (exact) mass is 373 g/mol. The summed E-state index contributed by atoms with van der Waals surface area (Å²) in [4.78, 5) is 5.24. The Morgan fingerprint density at radius 1 is 1.04 bits per heavy atom. The molecule has 27 heavy (non-hydrogen) atoms. The van der Waals surface area contributed by atoms with Crippen LogP contribution in [-0.4, -0.2) is 58.4 Å². The van der Waals surface area contributed by atoms with E-state index in [4.69, 9.17) is 4.52 Å². The average molecular weight is 374 g/mol. The van der Waals surface area contributed by atoms with Crippen LogP contribution >= 0.6 is 0 Å². The molecule has 1 N–H and O–H groups in total. The van der Waals surface area contributed by atoms with E-state index in [2.05, 4.69) is 21.0 Å². The minimum atomic E-state index is 0.315. The third kappa shape index (κ3) is 3.58. The normalized spacial score (nSPS) is 35.9. The Labute approximate surface area is 163 Å². The first kappa shape index (κ1) is 18.1. The van der Waals surface area contributed by atoms with Crippen molar-refractivity contribution in [1.82, 2.24) is 15.0 Å². The van der Waals surface area contributed by atoms with E-state index < -0.39 is 0 Å². The summed E-state index contributed by atoms with van der Waals surface area (Å²) in [6, 6.07) is 3.28. The standard InChI is InChI=1S/C22H35N3O2/c26-15-22-18-10-17(21-8-4-5-9-25(21)22)12-24(13-18)14-19-11-20(23-27-19)16-6-2-1-3-7-16/h11,16-18,21-22,26H,1-10,12-15H2/t17-,18+,21+,22+/m1/s1. The minimum absolute atomic E-state index is 0.315. The first-order valence-electron chi connectivity index (χ1n) is 11.4. The van der Waals surface area contributed by atoms with Crippen LogP contribution < -0.4 is 0 Å². The molecule has 2 bridgehead atoms. The second-order valence-corrected chi connectivity index (χ2v) is 9.55. The summed E-state index contributed by atoms with van der Waals surface area (Å²) in [5.74, 6) is 3.01. The Morgan fingerprint density at radius 2 is 1.85 bits per heavy atom. The van der Waals surface area contributed by atoms with E-state index in [-0.39, 0.29) is 0 Å². The second kappa shape index (κ2) is 7.84. The summed E-state index contributed by atoms with van der Waals surface area (Å²) < 4.78 is 5.75. The Morgan fingerprint density at radius 3 is 2.70 bits per heavy atom. The van der Waals surface area contributed by atoms with Crippen LogP contribution in [0.25, 0.3) is 0 Å². The molecule has 0 spiro atoms. The van der Waals surface area contributed by atoms with Crippen molar-refractivity contribution < 1.29 is 9.63 Å².